The zero-order valence-electron chi connectivity index (χ0n) is 21.4. The second-order valence-corrected chi connectivity index (χ2v) is 11.0. The molecule has 4 rings (SSSR count). The third kappa shape index (κ3) is 6.18. The van der Waals surface area contributed by atoms with E-state index in [1.807, 2.05) is 4.90 Å². The molecule has 1 saturated heterocycles. The summed E-state index contributed by atoms with van der Waals surface area (Å²) in [6.45, 7) is 1.54. The van der Waals surface area contributed by atoms with Crippen LogP contribution in [0.5, 0.6) is 0 Å². The van der Waals surface area contributed by atoms with Crippen LogP contribution in [0.25, 0.3) is 11.1 Å². The number of hydrogen-bond donors (Lipinski definition) is 3. The molecule has 2 fully saturated rings. The van der Waals surface area contributed by atoms with Gasteiger partial charge in [0.15, 0.2) is 0 Å². The van der Waals surface area contributed by atoms with Crippen molar-refractivity contribution in [2.45, 2.75) is 62.7 Å². The van der Waals surface area contributed by atoms with Gasteiger partial charge in [0.05, 0.1) is 11.7 Å². The molecule has 6 nitrogen and oxygen atoms in total. The molecule has 2 aromatic carbocycles. The number of carbonyl (C=O) groups excluding carboxylic acids is 1. The Morgan fingerprint density at radius 1 is 1.24 bits per heavy atom. The molecule has 0 radical (unpaired) electrons. The van der Waals surface area contributed by atoms with Crippen LogP contribution in [0.4, 0.5) is 4.39 Å². The first kappa shape index (κ1) is 28.0. The number of unbranched alkanes of at least 4 members (excludes halogenated alkanes) is 1. The van der Waals surface area contributed by atoms with Gasteiger partial charge in [-0.25, -0.2) is 4.39 Å². The van der Waals surface area contributed by atoms with E-state index in [0.717, 1.165) is 12.8 Å². The fourth-order valence-corrected chi connectivity index (χ4v) is 6.29. The van der Waals surface area contributed by atoms with E-state index in [-0.39, 0.29) is 23.8 Å². The lowest BCUT2D eigenvalue weighted by molar-refractivity contribution is -0.141. The van der Waals surface area contributed by atoms with Crippen molar-refractivity contribution in [2.75, 3.05) is 26.8 Å². The summed E-state index contributed by atoms with van der Waals surface area (Å²) in [5, 5.41) is 23.0. The van der Waals surface area contributed by atoms with Crippen molar-refractivity contribution in [1.29, 1.82) is 0 Å². The number of nitrogens with zero attached hydrogens (tertiary/aromatic N) is 1. The van der Waals surface area contributed by atoms with Crippen LogP contribution >= 0.6 is 11.6 Å². The van der Waals surface area contributed by atoms with Gasteiger partial charge in [-0.2, -0.15) is 0 Å². The Morgan fingerprint density at radius 3 is 2.73 bits per heavy atom. The molecule has 8 heteroatoms. The minimum absolute atomic E-state index is 0.0206. The van der Waals surface area contributed by atoms with Crippen LogP contribution in [0.2, 0.25) is 5.02 Å². The van der Waals surface area contributed by atoms with Crippen molar-refractivity contribution < 1.29 is 24.1 Å². The Morgan fingerprint density at radius 2 is 2.03 bits per heavy atom. The van der Waals surface area contributed by atoms with E-state index in [4.69, 9.17) is 22.1 Å². The molecule has 202 valence electrons. The van der Waals surface area contributed by atoms with E-state index >= 15 is 4.39 Å². The van der Waals surface area contributed by atoms with Gasteiger partial charge in [-0.05, 0) is 74.3 Å². The summed E-state index contributed by atoms with van der Waals surface area (Å²) >= 11 is 6.25. The zero-order valence-corrected chi connectivity index (χ0v) is 22.2. The average Bonchev–Trinajstić information content (AvgIpc) is 3.23. The van der Waals surface area contributed by atoms with E-state index in [2.05, 4.69) is 0 Å². The highest BCUT2D eigenvalue weighted by Gasteiger charge is 2.44. The lowest BCUT2D eigenvalue weighted by Crippen LogP contribution is -2.49. The molecule has 0 unspecified atom stereocenters. The van der Waals surface area contributed by atoms with E-state index in [1.165, 1.54) is 6.07 Å². The predicted molar refractivity (Wildman–Crippen MR) is 142 cm³/mol. The molecule has 2 aliphatic rings. The average molecular weight is 533 g/mol. The predicted octanol–water partition coefficient (Wildman–Crippen LogP) is 4.49. The Kier molecular flexibility index (Phi) is 9.24. The van der Waals surface area contributed by atoms with Crippen LogP contribution in [0.15, 0.2) is 42.5 Å². The number of piperidine rings is 1. The highest BCUT2D eigenvalue weighted by molar-refractivity contribution is 6.30. The Bertz CT molecular complexity index is 1080. The van der Waals surface area contributed by atoms with Crippen molar-refractivity contribution >= 4 is 17.5 Å². The number of aliphatic hydroxyl groups is 2. The SMILES string of the molecule is COCCCC[C@@](O)(c1cccc(F)c1-c1cccc(Cl)c1)[C@@H]1CCCN(C(=O)[C@H]2C[C@@H](N)[C@@H](O)C2)C1. The van der Waals surface area contributed by atoms with Gasteiger partial charge in [0.1, 0.15) is 5.82 Å². The molecule has 0 bridgehead atoms. The normalized spacial score (nSPS) is 25.7. The van der Waals surface area contributed by atoms with Gasteiger partial charge < -0.3 is 25.6 Å². The Labute approximate surface area is 223 Å². The maximum Gasteiger partial charge on any atom is 0.225 e. The zero-order chi connectivity index (χ0) is 26.6. The smallest absolute Gasteiger partial charge is 0.225 e. The lowest BCUT2D eigenvalue weighted by atomic mass is 9.72. The van der Waals surface area contributed by atoms with Crippen LogP contribution in [0.3, 0.4) is 0 Å². The molecule has 1 heterocycles. The van der Waals surface area contributed by atoms with Gasteiger partial charge in [0.2, 0.25) is 5.91 Å². The van der Waals surface area contributed by atoms with Crippen molar-refractivity contribution in [3.63, 3.8) is 0 Å². The number of hydrogen-bond acceptors (Lipinski definition) is 5. The Hall–Kier alpha value is -2.03. The van der Waals surface area contributed by atoms with E-state index in [0.29, 0.717) is 73.5 Å². The summed E-state index contributed by atoms with van der Waals surface area (Å²) in [5.74, 6) is -1.04. The van der Waals surface area contributed by atoms with E-state index in [9.17, 15) is 15.0 Å². The summed E-state index contributed by atoms with van der Waals surface area (Å²) < 4.78 is 20.6. The van der Waals surface area contributed by atoms with Crippen LogP contribution < -0.4 is 5.73 Å². The first-order chi connectivity index (χ1) is 17.7. The third-order valence-electron chi connectivity index (χ3n) is 8.08. The number of aliphatic hydroxyl groups excluding tert-OH is 1. The topological polar surface area (TPSA) is 96.0 Å². The second kappa shape index (κ2) is 12.2. The molecule has 0 spiro atoms. The number of nitrogens with two attached hydrogens (primary N) is 1. The maximum absolute atomic E-state index is 15.4. The highest BCUT2D eigenvalue weighted by atomic mass is 35.5. The van der Waals surface area contributed by atoms with Crippen LogP contribution in [-0.2, 0) is 15.1 Å². The molecule has 1 amide bonds. The number of amides is 1. The lowest BCUT2D eigenvalue weighted by Gasteiger charge is -2.44. The quantitative estimate of drug-likeness (QED) is 0.414. The molecule has 4 N–H and O–H groups in total. The van der Waals surface area contributed by atoms with Gasteiger partial charge in [0, 0.05) is 55.3 Å². The fraction of sp³-hybridized carbons (Fsp3) is 0.552. The molecule has 1 saturated carbocycles. The van der Waals surface area contributed by atoms with Crippen molar-refractivity contribution in [1.82, 2.24) is 4.90 Å². The van der Waals surface area contributed by atoms with Crippen molar-refractivity contribution in [3.8, 4) is 11.1 Å². The summed E-state index contributed by atoms with van der Waals surface area (Å²) in [4.78, 5) is 15.2. The number of ether oxygens (including phenoxy) is 1. The minimum Gasteiger partial charge on any atom is -0.391 e. The molecule has 1 aliphatic heterocycles. The van der Waals surface area contributed by atoms with Crippen molar-refractivity contribution in [2.24, 2.45) is 17.6 Å². The second-order valence-electron chi connectivity index (χ2n) is 10.6. The van der Waals surface area contributed by atoms with E-state index < -0.39 is 17.5 Å². The number of likely N-dealkylation sites (tertiary alicyclic amines) is 1. The van der Waals surface area contributed by atoms with Gasteiger partial charge in [-0.15, -0.1) is 0 Å². The number of methoxy groups -OCH3 is 1. The number of halogens is 2. The van der Waals surface area contributed by atoms with Crippen LogP contribution in [-0.4, -0.2) is 60.0 Å². The molecule has 5 atom stereocenters. The first-order valence-corrected chi connectivity index (χ1v) is 13.6. The third-order valence-corrected chi connectivity index (χ3v) is 8.32. The standard InChI is InChI=1S/C29H38ClFN2O4/c1-37-14-3-2-12-29(36,23-10-5-11-24(31)27(23)19-7-4-9-22(30)15-19)21-8-6-13-33(18-21)28(35)20-16-25(32)26(34)17-20/h4-5,7,9-11,15,20-21,25-26,34,36H,2-3,6,8,12-14,16-18,32H2,1H3/t20-,21+,25+,26-,29-/m0/s1. The maximum atomic E-state index is 15.4. The molecule has 0 aromatic heterocycles. The van der Waals surface area contributed by atoms with Crippen molar-refractivity contribution in [3.05, 3.63) is 58.9 Å². The highest BCUT2D eigenvalue weighted by Crippen LogP contribution is 2.45. The van der Waals surface area contributed by atoms with Crippen LogP contribution in [0, 0.1) is 17.7 Å². The van der Waals surface area contributed by atoms with Gasteiger partial charge in [0.25, 0.3) is 0 Å². The largest absolute Gasteiger partial charge is 0.391 e. The molecular weight excluding hydrogens is 495 g/mol. The molecule has 1 aliphatic carbocycles. The monoisotopic (exact) mass is 532 g/mol. The molecular formula is C29H38ClFN2O4. The first-order valence-electron chi connectivity index (χ1n) is 13.2. The summed E-state index contributed by atoms with van der Waals surface area (Å²) in [6, 6.07) is 11.4. The van der Waals surface area contributed by atoms with Crippen LogP contribution in [0.1, 0.15) is 50.5 Å². The van der Waals surface area contributed by atoms with E-state index in [1.54, 1.807) is 43.5 Å². The van der Waals surface area contributed by atoms with Gasteiger partial charge in [-0.1, -0.05) is 35.9 Å². The summed E-state index contributed by atoms with van der Waals surface area (Å²) in [7, 11) is 1.65. The minimum atomic E-state index is -1.36. The fourth-order valence-electron chi connectivity index (χ4n) is 6.10. The van der Waals surface area contributed by atoms with Gasteiger partial charge in [-0.3, -0.25) is 4.79 Å². The summed E-state index contributed by atoms with van der Waals surface area (Å²) in [6.07, 6.45) is 3.46. The molecule has 2 aromatic rings. The van der Waals surface area contributed by atoms with Gasteiger partial charge >= 0.3 is 0 Å². The molecule has 37 heavy (non-hydrogen) atoms. The number of rotatable bonds is 9. The summed E-state index contributed by atoms with van der Waals surface area (Å²) in [5.41, 5.74) is 6.07. The number of carbonyl (C=O) groups is 1. The Balaban J connectivity index is 1.68. The number of benzene rings is 2.